The maximum atomic E-state index is 13.2. The number of aromatic nitrogens is 2. The average Bonchev–Trinajstić information content (AvgIpc) is 3.07. The van der Waals surface area contributed by atoms with Gasteiger partial charge in [-0.1, -0.05) is 17.7 Å². The maximum Gasteiger partial charge on any atom is 0.212 e. The van der Waals surface area contributed by atoms with Crippen molar-refractivity contribution >= 4 is 23.0 Å². The van der Waals surface area contributed by atoms with E-state index in [4.69, 9.17) is 16.3 Å². The number of ether oxygens (including phenoxy) is 1. The Bertz CT molecular complexity index is 1080. The second kappa shape index (κ2) is 6.65. The summed E-state index contributed by atoms with van der Waals surface area (Å²) in [4.78, 5) is 17.9. The van der Waals surface area contributed by atoms with Gasteiger partial charge in [-0.15, -0.1) is 0 Å². The zero-order valence-electron chi connectivity index (χ0n) is 14.0. The second-order valence-corrected chi connectivity index (χ2v) is 6.24. The topological polar surface area (TPSA) is 43.6 Å². The Morgan fingerprint density at radius 1 is 1.00 bits per heavy atom. The molecule has 0 aliphatic rings. The number of hydrogen-bond donors (Lipinski definition) is 0. The number of methoxy groups -OCH3 is 1. The minimum absolute atomic E-state index is 0.105. The van der Waals surface area contributed by atoms with Gasteiger partial charge < -0.3 is 4.74 Å². The number of hydrogen-bond acceptors (Lipinski definition) is 3. The summed E-state index contributed by atoms with van der Waals surface area (Å²) in [7, 11) is 1.62. The van der Waals surface area contributed by atoms with Gasteiger partial charge in [0.25, 0.3) is 0 Å². The number of benzene rings is 2. The molecule has 0 radical (unpaired) electrons. The summed E-state index contributed by atoms with van der Waals surface area (Å²) in [5, 5.41) is 0.593. The van der Waals surface area contributed by atoms with E-state index < -0.39 is 0 Å². The molecule has 5 heteroatoms. The van der Waals surface area contributed by atoms with E-state index in [0.717, 1.165) is 17.0 Å². The van der Waals surface area contributed by atoms with E-state index in [0.29, 0.717) is 22.0 Å². The van der Waals surface area contributed by atoms with Crippen molar-refractivity contribution in [1.82, 2.24) is 9.38 Å². The Morgan fingerprint density at radius 3 is 2.42 bits per heavy atom. The first-order valence-corrected chi connectivity index (χ1v) is 8.47. The number of nitrogens with zero attached hydrogens (tertiary/aromatic N) is 2. The van der Waals surface area contributed by atoms with Crippen molar-refractivity contribution in [1.29, 1.82) is 0 Å². The molecular formula is C21H15ClN2O2. The van der Waals surface area contributed by atoms with Crippen LogP contribution >= 0.6 is 11.6 Å². The Kier molecular flexibility index (Phi) is 4.19. The summed E-state index contributed by atoms with van der Waals surface area (Å²) in [6.07, 6.45) is 1.85. The van der Waals surface area contributed by atoms with Crippen molar-refractivity contribution in [2.45, 2.75) is 0 Å². The van der Waals surface area contributed by atoms with E-state index in [1.807, 2.05) is 53.1 Å². The molecule has 0 aliphatic carbocycles. The van der Waals surface area contributed by atoms with Gasteiger partial charge in [0, 0.05) is 22.3 Å². The van der Waals surface area contributed by atoms with Crippen LogP contribution in [-0.2, 0) is 0 Å². The highest BCUT2D eigenvalue weighted by atomic mass is 35.5. The van der Waals surface area contributed by atoms with Gasteiger partial charge in [0.15, 0.2) is 0 Å². The lowest BCUT2D eigenvalue weighted by Crippen LogP contribution is -2.06. The van der Waals surface area contributed by atoms with Gasteiger partial charge in [-0.05, 0) is 60.7 Å². The normalized spacial score (nSPS) is 10.8. The monoisotopic (exact) mass is 362 g/mol. The summed E-state index contributed by atoms with van der Waals surface area (Å²) < 4.78 is 7.03. The van der Waals surface area contributed by atoms with Gasteiger partial charge in [0.2, 0.25) is 5.78 Å². The minimum atomic E-state index is -0.105. The van der Waals surface area contributed by atoms with Crippen LogP contribution in [0.3, 0.4) is 0 Å². The van der Waals surface area contributed by atoms with Crippen LogP contribution in [-0.4, -0.2) is 22.3 Å². The Labute approximate surface area is 155 Å². The van der Waals surface area contributed by atoms with Gasteiger partial charge in [-0.25, -0.2) is 4.98 Å². The standard InChI is InChI=1S/C21H15ClN2O2/c1-26-17-11-7-14(8-12-17)19-20(24-13-3-2-4-18(24)23-19)21(25)15-5-9-16(22)10-6-15/h2-13H,1H3. The first-order valence-electron chi connectivity index (χ1n) is 8.09. The van der Waals surface area contributed by atoms with Crippen LogP contribution in [0.25, 0.3) is 16.9 Å². The lowest BCUT2D eigenvalue weighted by Gasteiger charge is -2.06. The van der Waals surface area contributed by atoms with Crippen LogP contribution in [0.15, 0.2) is 72.9 Å². The van der Waals surface area contributed by atoms with Gasteiger partial charge >= 0.3 is 0 Å². The van der Waals surface area contributed by atoms with Gasteiger partial charge in [-0.2, -0.15) is 0 Å². The Hall–Kier alpha value is -3.11. The fraction of sp³-hybridized carbons (Fsp3) is 0.0476. The molecule has 4 nitrogen and oxygen atoms in total. The average molecular weight is 363 g/mol. The molecule has 0 N–H and O–H groups in total. The molecule has 4 aromatic rings. The lowest BCUT2D eigenvalue weighted by atomic mass is 10.0. The fourth-order valence-electron chi connectivity index (χ4n) is 2.90. The SMILES string of the molecule is COc1ccc(-c2nc3ccccn3c2C(=O)c2ccc(Cl)cc2)cc1. The summed E-state index contributed by atoms with van der Waals surface area (Å²) in [6, 6.07) is 20.1. The molecule has 0 aliphatic heterocycles. The first kappa shape index (κ1) is 16.4. The minimum Gasteiger partial charge on any atom is -0.497 e. The fourth-order valence-corrected chi connectivity index (χ4v) is 3.03. The largest absolute Gasteiger partial charge is 0.497 e. The third-order valence-electron chi connectivity index (χ3n) is 4.21. The van der Waals surface area contributed by atoms with Crippen molar-refractivity contribution in [3.63, 3.8) is 0 Å². The van der Waals surface area contributed by atoms with E-state index in [9.17, 15) is 4.79 Å². The van der Waals surface area contributed by atoms with Crippen molar-refractivity contribution in [3.8, 4) is 17.0 Å². The van der Waals surface area contributed by atoms with Crippen LogP contribution in [0.4, 0.5) is 0 Å². The molecule has 2 aromatic heterocycles. The number of pyridine rings is 1. The molecule has 0 atom stereocenters. The molecule has 0 unspecified atom stereocenters. The van der Waals surface area contributed by atoms with Crippen molar-refractivity contribution in [2.75, 3.05) is 7.11 Å². The molecule has 2 heterocycles. The van der Waals surface area contributed by atoms with Crippen molar-refractivity contribution < 1.29 is 9.53 Å². The molecule has 0 amide bonds. The summed E-state index contributed by atoms with van der Waals surface area (Å²) >= 11 is 5.95. The number of carbonyl (C=O) groups is 1. The molecule has 0 saturated heterocycles. The van der Waals surface area contributed by atoms with Crippen LogP contribution in [0.2, 0.25) is 5.02 Å². The Morgan fingerprint density at radius 2 is 1.73 bits per heavy atom. The number of halogens is 1. The van der Waals surface area contributed by atoms with E-state index in [1.54, 1.807) is 31.4 Å². The number of carbonyl (C=O) groups excluding carboxylic acids is 1. The van der Waals surface area contributed by atoms with Gasteiger partial charge in [0.05, 0.1) is 7.11 Å². The maximum absolute atomic E-state index is 13.2. The highest BCUT2D eigenvalue weighted by Crippen LogP contribution is 2.28. The molecule has 26 heavy (non-hydrogen) atoms. The van der Waals surface area contributed by atoms with Gasteiger partial charge in [0.1, 0.15) is 22.8 Å². The molecule has 0 spiro atoms. The zero-order valence-corrected chi connectivity index (χ0v) is 14.8. The highest BCUT2D eigenvalue weighted by Gasteiger charge is 2.21. The van der Waals surface area contributed by atoms with Gasteiger partial charge in [-0.3, -0.25) is 9.20 Å². The molecule has 0 fully saturated rings. The summed E-state index contributed by atoms with van der Waals surface area (Å²) in [5.41, 5.74) is 3.30. The molecule has 4 rings (SSSR count). The first-order chi connectivity index (χ1) is 12.7. The quantitative estimate of drug-likeness (QED) is 0.485. The van der Waals surface area contributed by atoms with Crippen LogP contribution in [0.1, 0.15) is 16.1 Å². The third kappa shape index (κ3) is 2.85. The molecule has 0 saturated carbocycles. The molecule has 2 aromatic carbocycles. The zero-order chi connectivity index (χ0) is 18.1. The predicted octanol–water partition coefficient (Wildman–Crippen LogP) is 4.89. The Balaban J connectivity index is 1.91. The summed E-state index contributed by atoms with van der Waals surface area (Å²) in [5.74, 6) is 0.647. The molecular weight excluding hydrogens is 348 g/mol. The van der Waals surface area contributed by atoms with Crippen molar-refractivity contribution in [2.24, 2.45) is 0 Å². The van der Waals surface area contributed by atoms with Crippen LogP contribution < -0.4 is 4.74 Å². The van der Waals surface area contributed by atoms with E-state index in [1.165, 1.54) is 0 Å². The van der Waals surface area contributed by atoms with E-state index in [-0.39, 0.29) is 5.78 Å². The number of ketones is 1. The van der Waals surface area contributed by atoms with Crippen molar-refractivity contribution in [3.05, 3.63) is 89.2 Å². The van der Waals surface area contributed by atoms with E-state index in [2.05, 4.69) is 4.98 Å². The highest BCUT2D eigenvalue weighted by molar-refractivity contribution is 6.30. The number of rotatable bonds is 4. The third-order valence-corrected chi connectivity index (χ3v) is 4.47. The smallest absolute Gasteiger partial charge is 0.212 e. The number of imidazole rings is 1. The molecule has 0 bridgehead atoms. The van der Waals surface area contributed by atoms with E-state index >= 15 is 0 Å². The van der Waals surface area contributed by atoms with Crippen LogP contribution in [0.5, 0.6) is 5.75 Å². The summed E-state index contributed by atoms with van der Waals surface area (Å²) in [6.45, 7) is 0. The number of fused-ring (bicyclic) bond motifs is 1. The lowest BCUT2D eigenvalue weighted by molar-refractivity contribution is 0.103. The van der Waals surface area contributed by atoms with Crippen LogP contribution in [0, 0.1) is 0 Å². The predicted molar refractivity (Wildman–Crippen MR) is 102 cm³/mol. The molecule has 128 valence electrons. The second-order valence-electron chi connectivity index (χ2n) is 5.80.